The summed E-state index contributed by atoms with van der Waals surface area (Å²) in [5, 5.41) is 12.2. The number of amides is 3. The summed E-state index contributed by atoms with van der Waals surface area (Å²) in [6.07, 6.45) is 3.66. The number of aromatic carboxylic acids is 1. The number of nitrogens with two attached hydrogens (primary N) is 3. The molecular formula is C48H76Cl2N8O11. The molecule has 6 rings (SSSR count). The Bertz CT molecular complexity index is 2000. The number of rotatable bonds is 11. The van der Waals surface area contributed by atoms with Gasteiger partial charge in [0.25, 0.3) is 5.91 Å². The fourth-order valence-corrected chi connectivity index (χ4v) is 8.59. The molecule has 0 aliphatic carbocycles. The number of carbonyl (C=O) groups excluding carboxylic acids is 3. The minimum absolute atomic E-state index is 0.00157. The van der Waals surface area contributed by atoms with Crippen molar-refractivity contribution in [1.29, 1.82) is 0 Å². The molecule has 4 fully saturated rings. The van der Waals surface area contributed by atoms with E-state index in [1.54, 1.807) is 11.0 Å². The molecule has 0 spiro atoms. The molecule has 0 aromatic heterocycles. The number of anilines is 2. The van der Waals surface area contributed by atoms with Gasteiger partial charge in [-0.2, -0.15) is 0 Å². The third-order valence-electron chi connectivity index (χ3n) is 11.9. The normalized spacial score (nSPS) is 19.8. The van der Waals surface area contributed by atoms with Crippen molar-refractivity contribution in [2.45, 2.75) is 90.6 Å². The van der Waals surface area contributed by atoms with Crippen LogP contribution in [0.25, 0.3) is 0 Å². The Hall–Kier alpha value is -4.50. The molecule has 0 bridgehead atoms. The van der Waals surface area contributed by atoms with Crippen molar-refractivity contribution >= 4 is 58.6 Å². The molecule has 19 nitrogen and oxygen atoms in total. The summed E-state index contributed by atoms with van der Waals surface area (Å²) in [4.78, 5) is 56.2. The topological polar surface area (TPSA) is 247 Å². The molecule has 4 heterocycles. The molecule has 388 valence electrons. The fraction of sp³-hybridized carbons (Fsp3) is 0.667. The highest BCUT2D eigenvalue weighted by Crippen LogP contribution is 2.30. The zero-order valence-electron chi connectivity index (χ0n) is 41.7. The van der Waals surface area contributed by atoms with E-state index in [0.29, 0.717) is 59.2 Å². The van der Waals surface area contributed by atoms with Crippen LogP contribution in [0.4, 0.5) is 21.0 Å². The smallest absolute Gasteiger partial charge is 0.410 e. The summed E-state index contributed by atoms with van der Waals surface area (Å²) < 4.78 is 32.5. The zero-order valence-corrected chi connectivity index (χ0v) is 43.2. The van der Waals surface area contributed by atoms with Gasteiger partial charge in [-0.3, -0.25) is 14.6 Å². The van der Waals surface area contributed by atoms with Gasteiger partial charge in [-0.05, 0) is 91.2 Å². The number of benzene rings is 2. The maximum absolute atomic E-state index is 12.7. The number of morpholine rings is 2. The molecule has 4 aliphatic rings. The van der Waals surface area contributed by atoms with Crippen molar-refractivity contribution in [2.24, 2.45) is 17.6 Å². The van der Waals surface area contributed by atoms with Crippen LogP contribution in [0.15, 0.2) is 24.3 Å². The van der Waals surface area contributed by atoms with Gasteiger partial charge in [-0.15, -0.1) is 0 Å². The van der Waals surface area contributed by atoms with Gasteiger partial charge in [0.15, 0.2) is 0 Å². The lowest BCUT2D eigenvalue weighted by Gasteiger charge is -2.38. The third kappa shape index (κ3) is 19.0. The van der Waals surface area contributed by atoms with Gasteiger partial charge in [-0.25, -0.2) is 14.4 Å². The summed E-state index contributed by atoms with van der Waals surface area (Å²) >= 11 is 11.7. The van der Waals surface area contributed by atoms with Crippen molar-refractivity contribution in [1.82, 2.24) is 24.9 Å². The highest BCUT2D eigenvalue weighted by molar-refractivity contribution is 6.34. The minimum Gasteiger partial charge on any atom is -0.496 e. The molecule has 2 aromatic rings. The first kappa shape index (κ1) is 57.1. The van der Waals surface area contributed by atoms with Crippen LogP contribution >= 0.6 is 23.2 Å². The first-order valence-corrected chi connectivity index (χ1v) is 24.4. The van der Waals surface area contributed by atoms with Gasteiger partial charge in [-0.1, -0.05) is 23.2 Å². The number of piperidine rings is 2. The Balaban J connectivity index is 0.000000252. The molecule has 0 saturated carbocycles. The Labute approximate surface area is 417 Å². The highest BCUT2D eigenvalue weighted by atomic mass is 35.5. The number of ether oxygens (including phenoxy) is 6. The number of halogens is 2. The molecule has 2 unspecified atom stereocenters. The second-order valence-electron chi connectivity index (χ2n) is 19.7. The van der Waals surface area contributed by atoms with Crippen LogP contribution in [0.5, 0.6) is 11.5 Å². The van der Waals surface area contributed by atoms with E-state index in [2.05, 4.69) is 15.1 Å². The number of nitrogens with zero attached hydrogens (tertiary/aromatic N) is 4. The Morgan fingerprint density at radius 2 is 1.09 bits per heavy atom. The lowest BCUT2D eigenvalue weighted by atomic mass is 9.96. The van der Waals surface area contributed by atoms with Crippen molar-refractivity contribution in [2.75, 3.05) is 117 Å². The van der Waals surface area contributed by atoms with Crippen molar-refractivity contribution in [3.8, 4) is 11.5 Å². The van der Waals surface area contributed by atoms with Gasteiger partial charge in [0.2, 0.25) is 0 Å². The van der Waals surface area contributed by atoms with Crippen LogP contribution in [0.3, 0.4) is 0 Å². The average Bonchev–Trinajstić information content (AvgIpc) is 3.29. The summed E-state index contributed by atoms with van der Waals surface area (Å²) in [5.41, 5.74) is 17.1. The van der Waals surface area contributed by atoms with E-state index in [1.807, 2.05) is 46.4 Å². The van der Waals surface area contributed by atoms with Crippen LogP contribution < -0.4 is 32.0 Å². The predicted octanol–water partition coefficient (Wildman–Crippen LogP) is 5.93. The maximum Gasteiger partial charge on any atom is 0.410 e. The number of nitrogen functional groups attached to an aromatic ring is 2. The van der Waals surface area contributed by atoms with E-state index < -0.39 is 17.2 Å². The van der Waals surface area contributed by atoms with Gasteiger partial charge in [0.05, 0.1) is 66.6 Å². The third-order valence-corrected chi connectivity index (χ3v) is 12.5. The van der Waals surface area contributed by atoms with Crippen molar-refractivity contribution < 1.29 is 52.7 Å². The molecule has 4 saturated heterocycles. The van der Waals surface area contributed by atoms with Gasteiger partial charge >= 0.3 is 18.2 Å². The summed E-state index contributed by atoms with van der Waals surface area (Å²) in [7, 11) is 2.86. The quantitative estimate of drug-likeness (QED) is 0.164. The first-order chi connectivity index (χ1) is 32.5. The predicted molar refractivity (Wildman–Crippen MR) is 267 cm³/mol. The molecule has 2 atom stereocenters. The van der Waals surface area contributed by atoms with Gasteiger partial charge in [0.1, 0.15) is 28.3 Å². The highest BCUT2D eigenvalue weighted by Gasteiger charge is 2.31. The number of methoxy groups -OCH3 is 2. The van der Waals surface area contributed by atoms with E-state index in [4.69, 9.17) is 73.9 Å². The summed E-state index contributed by atoms with van der Waals surface area (Å²) in [6.45, 7) is 22.3. The minimum atomic E-state index is -1.10. The maximum atomic E-state index is 12.7. The standard InChI is InChI=1S/C24H37ClN4O5.C16H31N3O3.C8H8ClNO3/c1-24(2,3)34-23(31)29-7-5-16(6-8-29)14-28-9-10-33-17(15-28)13-27-22(30)18-11-19(25)20(26)12-21(18)32-4;1-16(2,3)22-15(20)19-6-4-13(5-7-19)11-18-8-9-21-14(10-17)12-18;1-13-7-3-6(10)5(9)2-4(7)8(11)12/h11-12,16-17H,5-10,13-15,26H2,1-4H3,(H,27,30);13-14H,4-12,17H2,1-3H3;2-3H,10H2,1H3,(H,11,12). The second-order valence-corrected chi connectivity index (χ2v) is 20.5. The summed E-state index contributed by atoms with van der Waals surface area (Å²) in [5.74, 6) is 0.369. The first-order valence-electron chi connectivity index (χ1n) is 23.6. The number of carboxylic acid groups (broad SMARTS) is 1. The molecule has 4 aliphatic heterocycles. The average molecular weight is 1010 g/mol. The number of likely N-dealkylation sites (tertiary alicyclic amines) is 2. The lowest BCUT2D eigenvalue weighted by Crippen LogP contribution is -2.50. The molecule has 69 heavy (non-hydrogen) atoms. The molecule has 21 heteroatoms. The number of carbonyl (C=O) groups is 4. The van der Waals surface area contributed by atoms with Gasteiger partial charge < -0.3 is 65.8 Å². The molecular weight excluding hydrogens is 935 g/mol. The van der Waals surface area contributed by atoms with Crippen molar-refractivity contribution in [3.05, 3.63) is 45.4 Å². The Kier molecular flexibility index (Phi) is 22.0. The fourth-order valence-electron chi connectivity index (χ4n) is 8.26. The number of hydrogen-bond donors (Lipinski definition) is 5. The number of nitrogens with one attached hydrogen (secondary N) is 1. The Morgan fingerprint density at radius 3 is 1.49 bits per heavy atom. The SMILES string of the molecule is CC(C)(C)OC(=O)N1CCC(CN2CCOC(CN)C2)CC1.COc1cc(N)c(Cl)cc1C(=O)NCC1CN(CC2CCN(C(=O)OC(C)(C)C)CC2)CCO1.COc1cc(N)c(Cl)cc1C(=O)O. The van der Waals surface area contributed by atoms with Crippen LogP contribution in [0, 0.1) is 11.8 Å². The van der Waals surface area contributed by atoms with E-state index in [-0.39, 0.29) is 46.6 Å². The zero-order chi connectivity index (χ0) is 51.1. The monoisotopic (exact) mass is 1010 g/mol. The molecule has 0 radical (unpaired) electrons. The molecule has 8 N–H and O–H groups in total. The van der Waals surface area contributed by atoms with E-state index in [9.17, 15) is 19.2 Å². The molecule has 3 amide bonds. The van der Waals surface area contributed by atoms with E-state index in [1.165, 1.54) is 32.4 Å². The Morgan fingerprint density at radius 1 is 0.681 bits per heavy atom. The summed E-state index contributed by atoms with van der Waals surface area (Å²) in [6, 6.07) is 5.71. The second kappa shape index (κ2) is 26.6. The van der Waals surface area contributed by atoms with Crippen LogP contribution in [-0.4, -0.2) is 178 Å². The van der Waals surface area contributed by atoms with E-state index in [0.717, 1.165) is 97.7 Å². The lowest BCUT2D eigenvalue weighted by molar-refractivity contribution is -0.0342. The number of hydrogen-bond acceptors (Lipinski definition) is 15. The van der Waals surface area contributed by atoms with Crippen LogP contribution in [0.2, 0.25) is 10.0 Å². The van der Waals surface area contributed by atoms with Crippen LogP contribution in [0.1, 0.15) is 87.9 Å². The van der Waals surface area contributed by atoms with Crippen molar-refractivity contribution in [3.63, 3.8) is 0 Å². The number of carboxylic acids is 1. The molecule has 2 aromatic carbocycles. The van der Waals surface area contributed by atoms with Gasteiger partial charge in [0, 0.05) is 90.7 Å². The largest absolute Gasteiger partial charge is 0.496 e. The van der Waals surface area contributed by atoms with Crippen LogP contribution in [-0.2, 0) is 18.9 Å². The van der Waals surface area contributed by atoms with E-state index >= 15 is 0 Å².